The van der Waals surface area contributed by atoms with E-state index in [0.29, 0.717) is 16.9 Å². The van der Waals surface area contributed by atoms with E-state index < -0.39 is 0 Å². The molecule has 1 fully saturated rings. The van der Waals surface area contributed by atoms with E-state index in [1.165, 1.54) is 31.2 Å². The zero-order valence-electron chi connectivity index (χ0n) is 11.0. The predicted molar refractivity (Wildman–Crippen MR) is 76.2 cm³/mol. The molecule has 100 valence electrons. The molecule has 2 unspecified atom stereocenters. The lowest BCUT2D eigenvalue weighted by Crippen LogP contribution is -2.28. The molecule has 1 saturated carbocycles. The summed E-state index contributed by atoms with van der Waals surface area (Å²) < 4.78 is 5.18. The Balaban J connectivity index is 2.05. The highest BCUT2D eigenvalue weighted by molar-refractivity contribution is 6.32. The van der Waals surface area contributed by atoms with Gasteiger partial charge in [-0.25, -0.2) is 0 Å². The molecule has 0 aliphatic heterocycles. The maximum Gasteiger partial charge on any atom is 0.137 e. The van der Waals surface area contributed by atoms with Crippen LogP contribution in [0.2, 0.25) is 5.02 Å². The Morgan fingerprint density at radius 3 is 2.61 bits per heavy atom. The minimum Gasteiger partial charge on any atom is -0.495 e. The first-order chi connectivity index (χ1) is 8.74. The number of methoxy groups -OCH3 is 1. The topological polar surface area (TPSA) is 35.2 Å². The van der Waals surface area contributed by atoms with E-state index in [-0.39, 0.29) is 0 Å². The van der Waals surface area contributed by atoms with Gasteiger partial charge in [-0.05, 0) is 55.3 Å². The van der Waals surface area contributed by atoms with Gasteiger partial charge >= 0.3 is 0 Å². The zero-order chi connectivity index (χ0) is 13.0. The first kappa shape index (κ1) is 13.7. The highest BCUT2D eigenvalue weighted by Crippen LogP contribution is 2.33. The number of benzene rings is 1. The standard InChI is InChI=1S/C15H22ClNO/c1-18-15-7-6-11(9-14(15)16)8-12-4-2-3-5-13(12)10-17/h6-7,9,12-13H,2-5,8,10,17H2,1H3. The summed E-state index contributed by atoms with van der Waals surface area (Å²) in [5.41, 5.74) is 7.17. The Bertz CT molecular complexity index is 394. The van der Waals surface area contributed by atoms with Crippen molar-refractivity contribution < 1.29 is 4.74 Å². The van der Waals surface area contributed by atoms with Gasteiger partial charge in [0.15, 0.2) is 0 Å². The van der Waals surface area contributed by atoms with Crippen molar-refractivity contribution in [3.05, 3.63) is 28.8 Å². The van der Waals surface area contributed by atoms with Crippen LogP contribution in [0.3, 0.4) is 0 Å². The average Bonchev–Trinajstić information content (AvgIpc) is 2.39. The fourth-order valence-corrected chi connectivity index (χ4v) is 3.28. The van der Waals surface area contributed by atoms with Gasteiger partial charge in [0.2, 0.25) is 0 Å². The molecule has 2 nitrogen and oxygen atoms in total. The van der Waals surface area contributed by atoms with Crippen molar-refractivity contribution in [3.63, 3.8) is 0 Å². The molecule has 1 aromatic rings. The summed E-state index contributed by atoms with van der Waals surface area (Å²) in [6.45, 7) is 0.814. The van der Waals surface area contributed by atoms with E-state index in [0.717, 1.165) is 18.7 Å². The Kier molecular flexibility index (Phi) is 4.90. The molecule has 2 rings (SSSR count). The van der Waals surface area contributed by atoms with Crippen LogP contribution in [0.25, 0.3) is 0 Å². The molecule has 3 heteroatoms. The summed E-state index contributed by atoms with van der Waals surface area (Å²) in [6.07, 6.45) is 6.34. The molecule has 0 spiro atoms. The number of hydrogen-bond acceptors (Lipinski definition) is 2. The van der Waals surface area contributed by atoms with Crippen molar-refractivity contribution in [1.82, 2.24) is 0 Å². The number of rotatable bonds is 4. The van der Waals surface area contributed by atoms with Crippen molar-refractivity contribution in [2.75, 3.05) is 13.7 Å². The normalized spacial score (nSPS) is 23.9. The van der Waals surface area contributed by atoms with Gasteiger partial charge in [-0.15, -0.1) is 0 Å². The molecule has 0 radical (unpaired) electrons. The second-order valence-electron chi connectivity index (χ2n) is 5.21. The highest BCUT2D eigenvalue weighted by Gasteiger charge is 2.24. The lowest BCUT2D eigenvalue weighted by Gasteiger charge is -2.30. The fraction of sp³-hybridized carbons (Fsp3) is 0.600. The van der Waals surface area contributed by atoms with Crippen molar-refractivity contribution in [3.8, 4) is 5.75 Å². The average molecular weight is 268 g/mol. The lowest BCUT2D eigenvalue weighted by atomic mass is 9.76. The van der Waals surface area contributed by atoms with Gasteiger partial charge < -0.3 is 10.5 Å². The van der Waals surface area contributed by atoms with Crippen LogP contribution >= 0.6 is 11.6 Å². The maximum atomic E-state index is 6.17. The summed E-state index contributed by atoms with van der Waals surface area (Å²) in [4.78, 5) is 0. The van der Waals surface area contributed by atoms with Gasteiger partial charge in [-0.2, -0.15) is 0 Å². The molecular formula is C15H22ClNO. The largest absolute Gasteiger partial charge is 0.495 e. The first-order valence-electron chi connectivity index (χ1n) is 6.77. The minimum atomic E-state index is 0.680. The van der Waals surface area contributed by atoms with E-state index >= 15 is 0 Å². The van der Waals surface area contributed by atoms with Gasteiger partial charge in [0, 0.05) is 0 Å². The SMILES string of the molecule is COc1ccc(CC2CCCCC2CN)cc1Cl. The summed E-state index contributed by atoms with van der Waals surface area (Å²) in [7, 11) is 1.65. The molecular weight excluding hydrogens is 246 g/mol. The maximum absolute atomic E-state index is 6.17. The molecule has 0 amide bonds. The third-order valence-corrected chi connectivity index (χ3v) is 4.38. The van der Waals surface area contributed by atoms with E-state index in [2.05, 4.69) is 6.07 Å². The predicted octanol–water partition coefficient (Wildman–Crippen LogP) is 3.66. The van der Waals surface area contributed by atoms with Crippen molar-refractivity contribution in [1.29, 1.82) is 0 Å². The van der Waals surface area contributed by atoms with E-state index in [9.17, 15) is 0 Å². The third kappa shape index (κ3) is 3.18. The zero-order valence-corrected chi connectivity index (χ0v) is 11.7. The Labute approximate surface area is 114 Å². The highest BCUT2D eigenvalue weighted by atomic mass is 35.5. The second-order valence-corrected chi connectivity index (χ2v) is 5.62. The molecule has 18 heavy (non-hydrogen) atoms. The van der Waals surface area contributed by atoms with E-state index in [1.54, 1.807) is 7.11 Å². The second kappa shape index (κ2) is 6.44. The van der Waals surface area contributed by atoms with Crippen molar-refractivity contribution >= 4 is 11.6 Å². The quantitative estimate of drug-likeness (QED) is 0.904. The van der Waals surface area contributed by atoms with Crippen LogP contribution in [0.1, 0.15) is 31.2 Å². The molecule has 2 atom stereocenters. The molecule has 1 aromatic carbocycles. The summed E-state index contributed by atoms with van der Waals surface area (Å²) in [6, 6.07) is 6.10. The van der Waals surface area contributed by atoms with Gasteiger partial charge in [0.1, 0.15) is 5.75 Å². The van der Waals surface area contributed by atoms with Crippen molar-refractivity contribution in [2.24, 2.45) is 17.6 Å². The number of hydrogen-bond donors (Lipinski definition) is 1. The smallest absolute Gasteiger partial charge is 0.137 e. The van der Waals surface area contributed by atoms with E-state index in [4.69, 9.17) is 22.1 Å². The monoisotopic (exact) mass is 267 g/mol. The van der Waals surface area contributed by atoms with Crippen LogP contribution in [-0.4, -0.2) is 13.7 Å². The molecule has 2 N–H and O–H groups in total. The van der Waals surface area contributed by atoms with Crippen LogP contribution in [-0.2, 0) is 6.42 Å². The van der Waals surface area contributed by atoms with Crippen LogP contribution in [0.5, 0.6) is 5.75 Å². The molecule has 1 aliphatic carbocycles. The summed E-state index contributed by atoms with van der Waals surface area (Å²) >= 11 is 6.17. The molecule has 0 heterocycles. The molecule has 0 saturated heterocycles. The van der Waals surface area contributed by atoms with Crippen LogP contribution < -0.4 is 10.5 Å². The van der Waals surface area contributed by atoms with Gasteiger partial charge in [0.25, 0.3) is 0 Å². The lowest BCUT2D eigenvalue weighted by molar-refractivity contribution is 0.242. The van der Waals surface area contributed by atoms with Gasteiger partial charge in [-0.3, -0.25) is 0 Å². The first-order valence-corrected chi connectivity index (χ1v) is 7.15. The molecule has 0 aromatic heterocycles. The van der Waals surface area contributed by atoms with Crippen LogP contribution in [0, 0.1) is 11.8 Å². The van der Waals surface area contributed by atoms with Crippen molar-refractivity contribution in [2.45, 2.75) is 32.1 Å². The number of nitrogens with two attached hydrogens (primary N) is 1. The molecule has 1 aliphatic rings. The van der Waals surface area contributed by atoms with Gasteiger partial charge in [0.05, 0.1) is 12.1 Å². The van der Waals surface area contributed by atoms with Crippen LogP contribution in [0.4, 0.5) is 0 Å². The molecule has 0 bridgehead atoms. The number of halogens is 1. The van der Waals surface area contributed by atoms with E-state index in [1.807, 2.05) is 12.1 Å². The Hall–Kier alpha value is -0.730. The Morgan fingerprint density at radius 1 is 1.28 bits per heavy atom. The fourth-order valence-electron chi connectivity index (χ4n) is 3.00. The minimum absolute atomic E-state index is 0.680. The summed E-state index contributed by atoms with van der Waals surface area (Å²) in [5, 5.41) is 0.704. The number of ether oxygens (including phenoxy) is 1. The van der Waals surface area contributed by atoms with Crippen LogP contribution in [0.15, 0.2) is 18.2 Å². The Morgan fingerprint density at radius 2 is 2.00 bits per heavy atom. The van der Waals surface area contributed by atoms with Gasteiger partial charge in [-0.1, -0.05) is 30.5 Å². The third-order valence-electron chi connectivity index (χ3n) is 4.08. The summed E-state index contributed by atoms with van der Waals surface area (Å²) in [5.74, 6) is 2.15.